The number of aliphatic hydroxyl groups excluding tert-OH is 1. The third-order valence-corrected chi connectivity index (χ3v) is 6.62. The van der Waals surface area contributed by atoms with E-state index in [2.05, 4.69) is 6.92 Å². The first kappa shape index (κ1) is 28.9. The van der Waals surface area contributed by atoms with Crippen LogP contribution in [0.15, 0.2) is 0 Å². The molecule has 0 heterocycles. The van der Waals surface area contributed by atoms with Crippen LogP contribution in [0.2, 0.25) is 0 Å². The van der Waals surface area contributed by atoms with Crippen molar-refractivity contribution in [1.29, 1.82) is 0 Å². The zero-order valence-corrected chi connectivity index (χ0v) is 20.1. The van der Waals surface area contributed by atoms with Gasteiger partial charge in [0.25, 0.3) is 10.1 Å². The monoisotopic (exact) mass is 434 g/mol. The Morgan fingerprint density at radius 3 is 1.17 bits per heavy atom. The largest absolute Gasteiger partial charge is 0.393 e. The van der Waals surface area contributed by atoms with Gasteiger partial charge in [-0.25, -0.2) is 0 Å². The van der Waals surface area contributed by atoms with E-state index < -0.39 is 10.1 Å². The van der Waals surface area contributed by atoms with Gasteiger partial charge in [-0.1, -0.05) is 122 Å². The molecule has 0 amide bonds. The fourth-order valence-electron chi connectivity index (χ4n) is 3.97. The topological polar surface area (TPSA) is 74.6 Å². The molecule has 0 aromatic rings. The average Bonchev–Trinajstić information content (AvgIpc) is 2.65. The summed E-state index contributed by atoms with van der Waals surface area (Å²) < 4.78 is 29.9. The van der Waals surface area contributed by atoms with Crippen molar-refractivity contribution in [3.05, 3.63) is 0 Å². The highest BCUT2D eigenvalue weighted by molar-refractivity contribution is 7.85. The average molecular weight is 435 g/mol. The Bertz CT molecular complexity index is 423. The maximum atomic E-state index is 10.6. The van der Waals surface area contributed by atoms with E-state index in [1.165, 1.54) is 96.3 Å². The molecule has 0 radical (unpaired) electrons. The minimum Gasteiger partial charge on any atom is -0.393 e. The quantitative estimate of drug-likeness (QED) is 0.129. The Morgan fingerprint density at radius 1 is 0.552 bits per heavy atom. The van der Waals surface area contributed by atoms with Gasteiger partial charge < -0.3 is 5.11 Å². The summed E-state index contributed by atoms with van der Waals surface area (Å²) in [4.78, 5) is 0. The van der Waals surface area contributed by atoms with Gasteiger partial charge in [0.2, 0.25) is 0 Å². The molecular formula is C24H50O4S. The molecule has 0 fully saturated rings. The molecule has 0 aromatic heterocycles. The first-order valence-electron chi connectivity index (χ1n) is 12.6. The van der Waals surface area contributed by atoms with Crippen molar-refractivity contribution in [1.82, 2.24) is 0 Å². The highest BCUT2D eigenvalue weighted by atomic mass is 32.2. The molecular weight excluding hydrogens is 384 g/mol. The lowest BCUT2D eigenvalue weighted by atomic mass is 10.0. The van der Waals surface area contributed by atoms with E-state index in [0.29, 0.717) is 6.42 Å². The van der Waals surface area contributed by atoms with E-state index in [4.69, 9.17) is 4.55 Å². The molecule has 1 unspecified atom stereocenters. The second-order valence-electron chi connectivity index (χ2n) is 8.88. The van der Waals surface area contributed by atoms with Gasteiger partial charge in [-0.2, -0.15) is 8.42 Å². The molecule has 176 valence electrons. The number of hydrogen-bond acceptors (Lipinski definition) is 3. The summed E-state index contributed by atoms with van der Waals surface area (Å²) >= 11 is 0. The Balaban J connectivity index is 3.08. The summed E-state index contributed by atoms with van der Waals surface area (Å²) in [7, 11) is -3.76. The third-order valence-electron chi connectivity index (χ3n) is 5.81. The van der Waals surface area contributed by atoms with Crippen molar-refractivity contribution < 1.29 is 18.1 Å². The highest BCUT2D eigenvalue weighted by Gasteiger charge is 2.03. The van der Waals surface area contributed by atoms with Gasteiger partial charge in [-0.3, -0.25) is 4.55 Å². The minimum absolute atomic E-state index is 0.0643. The van der Waals surface area contributed by atoms with Crippen LogP contribution in [-0.2, 0) is 10.1 Å². The second kappa shape index (κ2) is 21.1. The molecule has 0 rings (SSSR count). The van der Waals surface area contributed by atoms with E-state index in [1.54, 1.807) is 0 Å². The molecule has 29 heavy (non-hydrogen) atoms. The van der Waals surface area contributed by atoms with Crippen LogP contribution in [0, 0.1) is 0 Å². The Hall–Kier alpha value is -0.130. The van der Waals surface area contributed by atoms with E-state index in [-0.39, 0.29) is 11.9 Å². The van der Waals surface area contributed by atoms with Crippen LogP contribution in [0.5, 0.6) is 0 Å². The van der Waals surface area contributed by atoms with Crippen LogP contribution in [0.25, 0.3) is 0 Å². The third kappa shape index (κ3) is 25.8. The van der Waals surface area contributed by atoms with Crippen molar-refractivity contribution in [3.8, 4) is 0 Å². The molecule has 0 saturated heterocycles. The van der Waals surface area contributed by atoms with Crippen LogP contribution in [-0.4, -0.2) is 29.9 Å². The molecule has 0 aliphatic rings. The lowest BCUT2D eigenvalue weighted by Gasteiger charge is -2.08. The van der Waals surface area contributed by atoms with Gasteiger partial charge in [0.15, 0.2) is 0 Å². The summed E-state index contributed by atoms with van der Waals surface area (Å²) in [6, 6.07) is 0. The highest BCUT2D eigenvalue weighted by Crippen LogP contribution is 2.15. The van der Waals surface area contributed by atoms with Gasteiger partial charge in [-0.15, -0.1) is 0 Å². The number of rotatable bonds is 23. The maximum Gasteiger partial charge on any atom is 0.264 e. The van der Waals surface area contributed by atoms with Crippen molar-refractivity contribution in [2.45, 2.75) is 148 Å². The van der Waals surface area contributed by atoms with E-state index in [1.807, 2.05) is 0 Å². The molecule has 4 nitrogen and oxygen atoms in total. The summed E-state index contributed by atoms with van der Waals surface area (Å²) in [5, 5.41) is 9.69. The number of aliphatic hydroxyl groups is 1. The summed E-state index contributed by atoms with van der Waals surface area (Å²) in [5.74, 6) is -0.0862. The van der Waals surface area contributed by atoms with E-state index in [0.717, 1.165) is 32.1 Å². The van der Waals surface area contributed by atoms with Crippen molar-refractivity contribution in [2.75, 3.05) is 5.75 Å². The smallest absolute Gasteiger partial charge is 0.264 e. The number of unbranched alkanes of at least 4 members (excludes halogenated alkanes) is 17. The van der Waals surface area contributed by atoms with Crippen molar-refractivity contribution >= 4 is 10.1 Å². The predicted octanol–water partition coefficient (Wildman–Crippen LogP) is 7.45. The second-order valence-corrected chi connectivity index (χ2v) is 10.5. The predicted molar refractivity (Wildman–Crippen MR) is 125 cm³/mol. The summed E-state index contributed by atoms with van der Waals surface area (Å²) in [5.41, 5.74) is 0. The molecule has 2 N–H and O–H groups in total. The molecule has 0 saturated carbocycles. The van der Waals surface area contributed by atoms with Crippen LogP contribution in [0.4, 0.5) is 0 Å². The van der Waals surface area contributed by atoms with Gasteiger partial charge >= 0.3 is 0 Å². The van der Waals surface area contributed by atoms with Crippen LogP contribution >= 0.6 is 0 Å². The molecule has 0 spiro atoms. The lowest BCUT2D eigenvalue weighted by molar-refractivity contribution is 0.150. The van der Waals surface area contributed by atoms with Crippen LogP contribution < -0.4 is 0 Å². The van der Waals surface area contributed by atoms with Gasteiger partial charge in [0.1, 0.15) is 0 Å². The van der Waals surface area contributed by atoms with Gasteiger partial charge in [0.05, 0.1) is 11.9 Å². The van der Waals surface area contributed by atoms with E-state index >= 15 is 0 Å². The first-order valence-corrected chi connectivity index (χ1v) is 14.2. The lowest BCUT2D eigenvalue weighted by Crippen LogP contribution is -2.04. The molecule has 1 atom stereocenters. The zero-order chi connectivity index (χ0) is 21.6. The molecule has 0 bridgehead atoms. The molecule has 5 heteroatoms. The Labute approximate surface area is 182 Å². The minimum atomic E-state index is -3.76. The zero-order valence-electron chi connectivity index (χ0n) is 19.3. The Morgan fingerprint density at radius 2 is 0.862 bits per heavy atom. The fraction of sp³-hybridized carbons (Fsp3) is 1.00. The standard InChI is InChI=1S/C24H50O4S/c1-2-21-24(25)22-19-17-15-13-11-9-7-5-3-4-6-8-10-12-14-16-18-20-23-29(26,27)28/h24-25H,2-23H2,1H3,(H,26,27,28). The number of hydrogen-bond donors (Lipinski definition) is 2. The van der Waals surface area contributed by atoms with Crippen LogP contribution in [0.3, 0.4) is 0 Å². The van der Waals surface area contributed by atoms with Gasteiger partial charge in [-0.05, 0) is 19.3 Å². The molecule has 0 aliphatic carbocycles. The maximum absolute atomic E-state index is 10.6. The SMILES string of the molecule is CCCC(O)CCCCCCCCCCCCCCCCCCCCS(=O)(=O)O. The van der Waals surface area contributed by atoms with Gasteiger partial charge in [0, 0.05) is 0 Å². The normalized spacial score (nSPS) is 13.1. The van der Waals surface area contributed by atoms with Crippen molar-refractivity contribution in [2.24, 2.45) is 0 Å². The summed E-state index contributed by atoms with van der Waals surface area (Å²) in [6.45, 7) is 2.13. The fourth-order valence-corrected chi connectivity index (χ4v) is 4.54. The van der Waals surface area contributed by atoms with Crippen LogP contribution in [0.1, 0.15) is 142 Å². The molecule has 0 aromatic carbocycles. The van der Waals surface area contributed by atoms with E-state index in [9.17, 15) is 13.5 Å². The molecule has 0 aliphatic heterocycles. The Kier molecular flexibility index (Phi) is 21.0. The summed E-state index contributed by atoms with van der Waals surface area (Å²) in [6.07, 6.45) is 25.4. The van der Waals surface area contributed by atoms with Crippen molar-refractivity contribution in [3.63, 3.8) is 0 Å². The first-order chi connectivity index (χ1) is 14.0.